The number of aryl methyl sites for hydroxylation is 1. The Morgan fingerprint density at radius 3 is 2.44 bits per heavy atom. The van der Waals surface area contributed by atoms with E-state index in [1.165, 1.54) is 25.4 Å². The van der Waals surface area contributed by atoms with Crippen LogP contribution in [0, 0.1) is 19.7 Å². The summed E-state index contributed by atoms with van der Waals surface area (Å²) in [5.74, 6) is -2.23. The standard InChI is InChI=1S/C22H29ClFN3O4S/c1-12-8-9-16(24)18(13(12)2)14(3)19(21(28)31-22(4,5)6)27-32(29,30)20-17(25-7)10-15(23)11-26-20/h8-11,14,19,25,27H,1-7H3/t14?,19-/m0/s1. The molecule has 10 heteroatoms. The van der Waals surface area contributed by atoms with Gasteiger partial charge in [0.25, 0.3) is 10.0 Å². The zero-order valence-electron chi connectivity index (χ0n) is 19.2. The lowest BCUT2D eigenvalue weighted by Gasteiger charge is -2.29. The van der Waals surface area contributed by atoms with Gasteiger partial charge >= 0.3 is 5.97 Å². The van der Waals surface area contributed by atoms with Gasteiger partial charge in [-0.1, -0.05) is 24.6 Å². The second-order valence-corrected chi connectivity index (χ2v) is 10.6. The Kier molecular flexibility index (Phi) is 7.91. The van der Waals surface area contributed by atoms with Crippen LogP contribution < -0.4 is 10.0 Å². The Morgan fingerprint density at radius 1 is 1.25 bits per heavy atom. The number of pyridine rings is 1. The van der Waals surface area contributed by atoms with Crippen LogP contribution in [-0.2, 0) is 19.6 Å². The molecule has 0 spiro atoms. The van der Waals surface area contributed by atoms with E-state index in [-0.39, 0.29) is 21.3 Å². The predicted octanol–water partition coefficient (Wildman–Crippen LogP) is 4.32. The molecule has 2 N–H and O–H groups in total. The second kappa shape index (κ2) is 9.72. The summed E-state index contributed by atoms with van der Waals surface area (Å²) in [7, 11) is -2.79. The Morgan fingerprint density at radius 2 is 1.88 bits per heavy atom. The fourth-order valence-corrected chi connectivity index (χ4v) is 4.84. The van der Waals surface area contributed by atoms with Crippen molar-refractivity contribution in [2.24, 2.45) is 0 Å². The van der Waals surface area contributed by atoms with E-state index in [1.807, 2.05) is 6.92 Å². The Hall–Kier alpha value is -2.23. The molecule has 1 heterocycles. The summed E-state index contributed by atoms with van der Waals surface area (Å²) < 4.78 is 49.1. The smallest absolute Gasteiger partial charge is 0.325 e. The summed E-state index contributed by atoms with van der Waals surface area (Å²) in [5.41, 5.74) is 0.955. The highest BCUT2D eigenvalue weighted by Crippen LogP contribution is 2.31. The molecule has 2 rings (SSSR count). The molecule has 2 aromatic rings. The molecule has 1 aromatic carbocycles. The third-order valence-electron chi connectivity index (χ3n) is 4.97. The van der Waals surface area contributed by atoms with Gasteiger partial charge in [0.2, 0.25) is 0 Å². The maximum Gasteiger partial charge on any atom is 0.325 e. The van der Waals surface area contributed by atoms with Crippen molar-refractivity contribution in [1.29, 1.82) is 0 Å². The summed E-state index contributed by atoms with van der Waals surface area (Å²) in [4.78, 5) is 17.0. The normalized spacial score (nSPS) is 14.0. The van der Waals surface area contributed by atoms with E-state index in [1.54, 1.807) is 40.7 Å². The van der Waals surface area contributed by atoms with Gasteiger partial charge in [-0.05, 0) is 63.4 Å². The lowest BCUT2D eigenvalue weighted by atomic mass is 9.88. The van der Waals surface area contributed by atoms with Crippen LogP contribution >= 0.6 is 11.6 Å². The average Bonchev–Trinajstić information content (AvgIpc) is 2.67. The van der Waals surface area contributed by atoms with E-state index in [4.69, 9.17) is 16.3 Å². The van der Waals surface area contributed by atoms with Gasteiger partial charge in [0.15, 0.2) is 5.03 Å². The number of carbonyl (C=O) groups excluding carboxylic acids is 1. The molecule has 2 atom stereocenters. The van der Waals surface area contributed by atoms with Crippen LogP contribution in [0.2, 0.25) is 5.02 Å². The maximum atomic E-state index is 14.8. The Bertz CT molecular complexity index is 1120. The molecule has 176 valence electrons. The van der Waals surface area contributed by atoms with Gasteiger partial charge in [-0.2, -0.15) is 4.72 Å². The van der Waals surface area contributed by atoms with Gasteiger partial charge in [0, 0.05) is 19.2 Å². The topological polar surface area (TPSA) is 97.4 Å². The van der Waals surface area contributed by atoms with E-state index in [0.717, 1.165) is 5.56 Å². The quantitative estimate of drug-likeness (QED) is 0.567. The summed E-state index contributed by atoms with van der Waals surface area (Å²) >= 11 is 5.92. The Balaban J connectivity index is 2.58. The number of halogens is 2. The summed E-state index contributed by atoms with van der Waals surface area (Å²) in [5, 5.41) is 2.63. The number of anilines is 1. The lowest BCUT2D eigenvalue weighted by Crippen LogP contribution is -2.47. The highest BCUT2D eigenvalue weighted by Gasteiger charge is 2.37. The van der Waals surface area contributed by atoms with Crippen LogP contribution in [0.3, 0.4) is 0 Å². The van der Waals surface area contributed by atoms with Crippen molar-refractivity contribution in [2.75, 3.05) is 12.4 Å². The molecule has 0 saturated heterocycles. The fraction of sp³-hybridized carbons (Fsp3) is 0.455. The number of aromatic nitrogens is 1. The molecule has 7 nitrogen and oxygen atoms in total. The Labute approximate surface area is 193 Å². The van der Waals surface area contributed by atoms with Crippen LogP contribution in [0.5, 0.6) is 0 Å². The van der Waals surface area contributed by atoms with E-state index in [2.05, 4.69) is 15.0 Å². The molecular formula is C22H29ClFN3O4S. The zero-order valence-corrected chi connectivity index (χ0v) is 20.8. The van der Waals surface area contributed by atoms with Gasteiger partial charge in [-0.3, -0.25) is 4.79 Å². The van der Waals surface area contributed by atoms with Crippen LogP contribution in [0.15, 0.2) is 29.4 Å². The third kappa shape index (κ3) is 5.96. The number of ether oxygens (including phenoxy) is 1. The molecule has 0 aliphatic rings. The molecule has 32 heavy (non-hydrogen) atoms. The van der Waals surface area contributed by atoms with E-state index < -0.39 is 39.4 Å². The SMILES string of the molecule is CNc1cc(Cl)cnc1S(=O)(=O)N[C@H](C(=O)OC(C)(C)C)C(C)c1c(F)ccc(C)c1C. The first-order valence-corrected chi connectivity index (χ1v) is 11.9. The number of benzene rings is 1. The van der Waals surface area contributed by atoms with Gasteiger partial charge in [-0.15, -0.1) is 0 Å². The summed E-state index contributed by atoms with van der Waals surface area (Å²) in [6.07, 6.45) is 1.19. The number of carbonyl (C=O) groups is 1. The van der Waals surface area contributed by atoms with Crippen LogP contribution in [0.25, 0.3) is 0 Å². The van der Waals surface area contributed by atoms with Crippen LogP contribution in [-0.4, -0.2) is 38.1 Å². The van der Waals surface area contributed by atoms with E-state index in [9.17, 15) is 17.6 Å². The van der Waals surface area contributed by atoms with Crippen LogP contribution in [0.4, 0.5) is 10.1 Å². The minimum atomic E-state index is -4.31. The zero-order chi connectivity index (χ0) is 24.4. The molecular weight excluding hydrogens is 457 g/mol. The first kappa shape index (κ1) is 26.0. The molecule has 0 saturated carbocycles. The monoisotopic (exact) mass is 485 g/mol. The summed E-state index contributed by atoms with van der Waals surface area (Å²) in [6.45, 7) is 10.1. The van der Waals surface area contributed by atoms with Crippen molar-refractivity contribution >= 4 is 33.3 Å². The van der Waals surface area contributed by atoms with Gasteiger partial charge in [-0.25, -0.2) is 17.8 Å². The van der Waals surface area contributed by atoms with Gasteiger partial charge in [0.05, 0.1) is 10.7 Å². The predicted molar refractivity (Wildman–Crippen MR) is 123 cm³/mol. The molecule has 1 aromatic heterocycles. The maximum absolute atomic E-state index is 14.8. The van der Waals surface area contributed by atoms with Crippen molar-refractivity contribution in [1.82, 2.24) is 9.71 Å². The minimum absolute atomic E-state index is 0.151. The number of esters is 1. The fourth-order valence-electron chi connectivity index (χ4n) is 3.29. The number of rotatable bonds is 7. The second-order valence-electron chi connectivity index (χ2n) is 8.58. The first-order valence-electron chi connectivity index (χ1n) is 10.0. The molecule has 0 fully saturated rings. The van der Waals surface area contributed by atoms with Crippen molar-refractivity contribution in [3.05, 3.63) is 51.9 Å². The minimum Gasteiger partial charge on any atom is -0.459 e. The van der Waals surface area contributed by atoms with E-state index in [0.29, 0.717) is 5.56 Å². The molecule has 0 aliphatic heterocycles. The number of nitrogens with zero attached hydrogens (tertiary/aromatic N) is 1. The molecule has 0 amide bonds. The number of sulfonamides is 1. The average molecular weight is 486 g/mol. The van der Waals surface area contributed by atoms with Crippen molar-refractivity contribution in [3.8, 4) is 0 Å². The number of nitrogens with one attached hydrogen (secondary N) is 2. The lowest BCUT2D eigenvalue weighted by molar-refractivity contribution is -0.157. The molecule has 0 radical (unpaired) electrons. The van der Waals surface area contributed by atoms with Crippen molar-refractivity contribution in [2.45, 2.75) is 64.1 Å². The first-order chi connectivity index (χ1) is 14.7. The number of hydrogen-bond acceptors (Lipinski definition) is 6. The molecule has 0 bridgehead atoms. The largest absolute Gasteiger partial charge is 0.459 e. The van der Waals surface area contributed by atoms with Gasteiger partial charge < -0.3 is 10.1 Å². The van der Waals surface area contributed by atoms with Gasteiger partial charge in [0.1, 0.15) is 17.5 Å². The molecule has 1 unspecified atom stereocenters. The summed E-state index contributed by atoms with van der Waals surface area (Å²) in [6, 6.07) is 2.93. The van der Waals surface area contributed by atoms with Crippen molar-refractivity contribution < 1.29 is 22.3 Å². The van der Waals surface area contributed by atoms with E-state index >= 15 is 0 Å². The highest BCUT2D eigenvalue weighted by atomic mass is 35.5. The third-order valence-corrected chi connectivity index (χ3v) is 6.58. The molecule has 0 aliphatic carbocycles. The van der Waals surface area contributed by atoms with Crippen molar-refractivity contribution in [3.63, 3.8) is 0 Å². The number of hydrogen-bond donors (Lipinski definition) is 2. The van der Waals surface area contributed by atoms with Crippen LogP contribution in [0.1, 0.15) is 50.3 Å². The highest BCUT2D eigenvalue weighted by molar-refractivity contribution is 7.89.